The topological polar surface area (TPSA) is 111 Å². The van der Waals surface area contributed by atoms with Crippen LogP contribution in [0.4, 0.5) is 5.69 Å². The standard InChI is InChI=1S/C10H11N5O2S/c11-9-4-2-5-12-10(9)18(16,17)14-7-8-3-1-6-13-15-8/h1-6,14H,7,11H2. The molecule has 0 spiro atoms. The molecule has 18 heavy (non-hydrogen) atoms. The first-order valence-corrected chi connectivity index (χ1v) is 6.54. The first-order valence-electron chi connectivity index (χ1n) is 5.06. The minimum Gasteiger partial charge on any atom is -0.396 e. The highest BCUT2D eigenvalue weighted by Crippen LogP contribution is 2.13. The average Bonchev–Trinajstić information content (AvgIpc) is 2.38. The predicted molar refractivity (Wildman–Crippen MR) is 64.7 cm³/mol. The summed E-state index contributed by atoms with van der Waals surface area (Å²) in [5.41, 5.74) is 6.18. The molecule has 0 aliphatic carbocycles. The summed E-state index contributed by atoms with van der Waals surface area (Å²) in [6, 6.07) is 6.38. The second kappa shape index (κ2) is 5.07. The van der Waals surface area contributed by atoms with Gasteiger partial charge < -0.3 is 5.73 Å². The SMILES string of the molecule is Nc1cccnc1S(=O)(=O)NCc1cccnn1. The van der Waals surface area contributed by atoms with Gasteiger partial charge in [0.2, 0.25) is 0 Å². The Labute approximate surface area is 104 Å². The number of anilines is 1. The Morgan fingerprint density at radius 3 is 2.67 bits per heavy atom. The second-order valence-corrected chi connectivity index (χ2v) is 5.12. The Hall–Kier alpha value is -2.06. The molecule has 0 aromatic carbocycles. The molecule has 2 rings (SSSR count). The average molecular weight is 265 g/mol. The molecule has 0 aliphatic rings. The molecule has 0 radical (unpaired) electrons. The number of nitrogen functional groups attached to an aromatic ring is 1. The van der Waals surface area contributed by atoms with Crippen molar-refractivity contribution in [3.8, 4) is 0 Å². The summed E-state index contributed by atoms with van der Waals surface area (Å²) in [7, 11) is -3.74. The Morgan fingerprint density at radius 1 is 1.22 bits per heavy atom. The maximum Gasteiger partial charge on any atom is 0.260 e. The molecule has 0 aliphatic heterocycles. The predicted octanol–water partition coefficient (Wildman–Crippen LogP) is -0.0677. The van der Waals surface area contributed by atoms with Gasteiger partial charge in [0.25, 0.3) is 10.0 Å². The van der Waals surface area contributed by atoms with Crippen molar-refractivity contribution in [3.05, 3.63) is 42.4 Å². The molecule has 0 unspecified atom stereocenters. The van der Waals surface area contributed by atoms with E-state index in [9.17, 15) is 8.42 Å². The van der Waals surface area contributed by atoms with Crippen molar-refractivity contribution in [2.45, 2.75) is 11.6 Å². The third-order valence-electron chi connectivity index (χ3n) is 2.13. The minimum absolute atomic E-state index is 0.0339. The largest absolute Gasteiger partial charge is 0.396 e. The Morgan fingerprint density at radius 2 is 2.00 bits per heavy atom. The Kier molecular flexibility index (Phi) is 3.49. The van der Waals surface area contributed by atoms with E-state index in [1.54, 1.807) is 18.2 Å². The highest BCUT2D eigenvalue weighted by Gasteiger charge is 2.18. The van der Waals surface area contributed by atoms with E-state index >= 15 is 0 Å². The number of rotatable bonds is 4. The molecule has 0 fully saturated rings. The summed E-state index contributed by atoms with van der Waals surface area (Å²) >= 11 is 0. The molecule has 7 nitrogen and oxygen atoms in total. The number of aromatic nitrogens is 3. The van der Waals surface area contributed by atoms with Gasteiger partial charge in [-0.15, -0.1) is 0 Å². The van der Waals surface area contributed by atoms with Crippen molar-refractivity contribution in [1.29, 1.82) is 0 Å². The van der Waals surface area contributed by atoms with Crippen LogP contribution in [0, 0.1) is 0 Å². The molecule has 0 atom stereocenters. The van der Waals surface area contributed by atoms with E-state index in [0.29, 0.717) is 5.69 Å². The fourth-order valence-corrected chi connectivity index (χ4v) is 2.35. The van der Waals surface area contributed by atoms with Gasteiger partial charge in [-0.25, -0.2) is 18.1 Å². The molecular formula is C10H11N5O2S. The van der Waals surface area contributed by atoms with Gasteiger partial charge in [0.05, 0.1) is 17.9 Å². The lowest BCUT2D eigenvalue weighted by molar-refractivity contribution is 0.576. The molecule has 2 aromatic heterocycles. The van der Waals surface area contributed by atoms with E-state index in [-0.39, 0.29) is 17.3 Å². The number of hydrogen-bond acceptors (Lipinski definition) is 6. The minimum atomic E-state index is -3.74. The summed E-state index contributed by atoms with van der Waals surface area (Å²) in [6.07, 6.45) is 2.88. The van der Waals surface area contributed by atoms with Crippen molar-refractivity contribution < 1.29 is 8.42 Å². The van der Waals surface area contributed by atoms with Gasteiger partial charge in [-0.1, -0.05) is 0 Å². The van der Waals surface area contributed by atoms with Crippen LogP contribution in [0.25, 0.3) is 0 Å². The molecule has 8 heteroatoms. The Balaban J connectivity index is 2.16. The van der Waals surface area contributed by atoms with Crippen LogP contribution in [0.3, 0.4) is 0 Å². The maximum absolute atomic E-state index is 11.9. The molecule has 2 heterocycles. The first-order chi connectivity index (χ1) is 8.59. The third kappa shape index (κ3) is 2.79. The van der Waals surface area contributed by atoms with E-state index in [0.717, 1.165) is 0 Å². The number of nitrogens with zero attached hydrogens (tertiary/aromatic N) is 3. The summed E-state index contributed by atoms with van der Waals surface area (Å²) in [5.74, 6) is 0. The fourth-order valence-electron chi connectivity index (χ4n) is 1.29. The van der Waals surface area contributed by atoms with Gasteiger partial charge in [-0.05, 0) is 24.3 Å². The zero-order chi connectivity index (χ0) is 13.0. The summed E-state index contributed by atoms with van der Waals surface area (Å²) in [6.45, 7) is 0.0339. The monoisotopic (exact) mass is 265 g/mol. The van der Waals surface area contributed by atoms with Crippen LogP contribution in [-0.2, 0) is 16.6 Å². The number of nitrogens with one attached hydrogen (secondary N) is 1. The van der Waals surface area contributed by atoms with E-state index in [1.807, 2.05) is 0 Å². The number of pyridine rings is 1. The van der Waals surface area contributed by atoms with Crippen LogP contribution in [-0.4, -0.2) is 23.6 Å². The van der Waals surface area contributed by atoms with Gasteiger partial charge in [0.15, 0.2) is 5.03 Å². The fraction of sp³-hybridized carbons (Fsp3) is 0.100. The molecular weight excluding hydrogens is 254 g/mol. The molecule has 94 valence electrons. The highest BCUT2D eigenvalue weighted by atomic mass is 32.2. The number of nitrogens with two attached hydrogens (primary N) is 1. The van der Waals surface area contributed by atoms with Crippen LogP contribution >= 0.6 is 0 Å². The van der Waals surface area contributed by atoms with Crippen molar-refractivity contribution in [3.63, 3.8) is 0 Å². The quantitative estimate of drug-likeness (QED) is 0.800. The molecule has 0 amide bonds. The van der Waals surface area contributed by atoms with Crippen molar-refractivity contribution >= 4 is 15.7 Å². The van der Waals surface area contributed by atoms with Crippen molar-refractivity contribution in [2.75, 3.05) is 5.73 Å². The highest BCUT2D eigenvalue weighted by molar-refractivity contribution is 7.89. The zero-order valence-corrected chi connectivity index (χ0v) is 10.1. The van der Waals surface area contributed by atoms with E-state index < -0.39 is 10.0 Å². The first kappa shape index (κ1) is 12.4. The molecule has 0 bridgehead atoms. The van der Waals surface area contributed by atoms with Gasteiger partial charge >= 0.3 is 0 Å². The van der Waals surface area contributed by atoms with E-state index in [1.165, 1.54) is 18.5 Å². The lowest BCUT2D eigenvalue weighted by Crippen LogP contribution is -2.25. The Bertz CT molecular complexity index is 630. The third-order valence-corrected chi connectivity index (χ3v) is 3.50. The van der Waals surface area contributed by atoms with Gasteiger partial charge in [-0.2, -0.15) is 10.2 Å². The maximum atomic E-state index is 11.9. The number of hydrogen-bond donors (Lipinski definition) is 2. The lowest BCUT2D eigenvalue weighted by Gasteiger charge is -2.06. The van der Waals surface area contributed by atoms with Gasteiger partial charge in [-0.3, -0.25) is 0 Å². The van der Waals surface area contributed by atoms with Crippen LogP contribution in [0.5, 0.6) is 0 Å². The molecule has 0 saturated carbocycles. The van der Waals surface area contributed by atoms with Crippen LogP contribution < -0.4 is 10.5 Å². The molecule has 2 aromatic rings. The summed E-state index contributed by atoms with van der Waals surface area (Å²) < 4.78 is 26.2. The summed E-state index contributed by atoms with van der Waals surface area (Å²) in [5, 5.41) is 7.23. The second-order valence-electron chi connectivity index (χ2n) is 3.44. The van der Waals surface area contributed by atoms with Gasteiger partial charge in [0, 0.05) is 12.4 Å². The van der Waals surface area contributed by atoms with E-state index in [4.69, 9.17) is 5.73 Å². The van der Waals surface area contributed by atoms with Gasteiger partial charge in [0.1, 0.15) is 0 Å². The van der Waals surface area contributed by atoms with Crippen molar-refractivity contribution in [2.24, 2.45) is 0 Å². The normalized spacial score (nSPS) is 11.3. The van der Waals surface area contributed by atoms with Crippen LogP contribution in [0.1, 0.15) is 5.69 Å². The van der Waals surface area contributed by atoms with E-state index in [2.05, 4.69) is 19.9 Å². The molecule has 3 N–H and O–H groups in total. The lowest BCUT2D eigenvalue weighted by atomic mass is 10.4. The number of sulfonamides is 1. The van der Waals surface area contributed by atoms with Crippen LogP contribution in [0.15, 0.2) is 41.7 Å². The summed E-state index contributed by atoms with van der Waals surface area (Å²) in [4.78, 5) is 3.75. The van der Waals surface area contributed by atoms with Crippen molar-refractivity contribution in [1.82, 2.24) is 19.9 Å². The zero-order valence-electron chi connectivity index (χ0n) is 9.31. The smallest absolute Gasteiger partial charge is 0.260 e. The molecule has 0 saturated heterocycles. The van der Waals surface area contributed by atoms with Crippen LogP contribution in [0.2, 0.25) is 0 Å².